The van der Waals surface area contributed by atoms with Crippen molar-refractivity contribution in [1.29, 1.82) is 0 Å². The predicted octanol–water partition coefficient (Wildman–Crippen LogP) is 4.22. The number of nitro benzene ring substituents is 1. The molecule has 3 rings (SSSR count). The predicted molar refractivity (Wildman–Crippen MR) is 95.5 cm³/mol. The highest BCUT2D eigenvalue weighted by atomic mass is 16.6. The summed E-state index contributed by atoms with van der Waals surface area (Å²) >= 11 is 0. The summed E-state index contributed by atoms with van der Waals surface area (Å²) in [5.41, 5.74) is 0.759. The average Bonchev–Trinajstić information content (AvgIpc) is 2.65. The van der Waals surface area contributed by atoms with Gasteiger partial charge in [-0.25, -0.2) is 0 Å². The van der Waals surface area contributed by atoms with Gasteiger partial charge in [0.25, 0.3) is 5.69 Å². The zero-order valence-electron chi connectivity index (χ0n) is 13.3. The smallest absolute Gasteiger partial charge is 0.269 e. The van der Waals surface area contributed by atoms with Gasteiger partial charge in [0.05, 0.1) is 4.92 Å². The zero-order chi connectivity index (χ0) is 18.0. The highest BCUT2D eigenvalue weighted by Crippen LogP contribution is 2.30. The van der Waals surface area contributed by atoms with Crippen molar-refractivity contribution in [1.82, 2.24) is 0 Å². The van der Waals surface area contributed by atoms with Crippen molar-refractivity contribution in [3.05, 3.63) is 100 Å². The van der Waals surface area contributed by atoms with Crippen LogP contribution in [-0.2, 0) is 0 Å². The second-order valence-corrected chi connectivity index (χ2v) is 5.63. The fraction of sp³-hybridized carbons (Fsp3) is 0.0500. The first kappa shape index (κ1) is 16.5. The molecule has 124 valence electrons. The Morgan fingerprint density at radius 3 is 2.32 bits per heavy atom. The first-order valence-corrected chi connectivity index (χ1v) is 7.62. The first-order valence-electron chi connectivity index (χ1n) is 7.62. The Morgan fingerprint density at radius 2 is 1.64 bits per heavy atom. The van der Waals surface area contributed by atoms with Gasteiger partial charge in [-0.2, -0.15) is 0 Å². The fourth-order valence-electron chi connectivity index (χ4n) is 2.72. The SMILES string of the molecule is C=C(C(=O)c1ccc([N+](=O)[O-])cc1)[C@@H](O)c1cccc2ccccc12. The molecule has 3 aromatic rings. The van der Waals surface area contributed by atoms with Gasteiger partial charge in [0.1, 0.15) is 6.10 Å². The minimum absolute atomic E-state index is 0.0187. The highest BCUT2D eigenvalue weighted by molar-refractivity contribution is 6.09. The highest BCUT2D eigenvalue weighted by Gasteiger charge is 2.21. The molecule has 0 saturated carbocycles. The molecule has 0 saturated heterocycles. The van der Waals surface area contributed by atoms with Gasteiger partial charge in [-0.3, -0.25) is 14.9 Å². The molecule has 1 N–H and O–H groups in total. The normalized spacial score (nSPS) is 11.9. The third-order valence-corrected chi connectivity index (χ3v) is 4.08. The Morgan fingerprint density at radius 1 is 1.00 bits per heavy atom. The second-order valence-electron chi connectivity index (χ2n) is 5.63. The van der Waals surface area contributed by atoms with Gasteiger partial charge in [-0.05, 0) is 28.5 Å². The van der Waals surface area contributed by atoms with Crippen molar-refractivity contribution in [2.75, 3.05) is 0 Å². The summed E-state index contributed by atoms with van der Waals surface area (Å²) in [5, 5.41) is 23.1. The van der Waals surface area contributed by atoms with Crippen LogP contribution in [0.2, 0.25) is 0 Å². The molecule has 1 atom stereocenters. The molecule has 0 radical (unpaired) electrons. The van der Waals surface area contributed by atoms with Crippen LogP contribution in [0.1, 0.15) is 22.0 Å². The Labute approximate surface area is 144 Å². The number of rotatable bonds is 5. The molecule has 25 heavy (non-hydrogen) atoms. The van der Waals surface area contributed by atoms with E-state index in [-0.39, 0.29) is 16.8 Å². The molecule has 0 aliphatic rings. The largest absolute Gasteiger partial charge is 0.384 e. The maximum absolute atomic E-state index is 12.5. The van der Waals surface area contributed by atoms with Crippen molar-refractivity contribution in [3.8, 4) is 0 Å². The minimum atomic E-state index is -1.16. The number of aliphatic hydroxyl groups is 1. The Balaban J connectivity index is 1.91. The van der Waals surface area contributed by atoms with E-state index >= 15 is 0 Å². The fourth-order valence-corrected chi connectivity index (χ4v) is 2.72. The molecule has 0 fully saturated rings. The summed E-state index contributed by atoms with van der Waals surface area (Å²) in [6.45, 7) is 3.74. The summed E-state index contributed by atoms with van der Waals surface area (Å²) < 4.78 is 0. The van der Waals surface area contributed by atoms with Crippen LogP contribution in [-0.4, -0.2) is 15.8 Å². The van der Waals surface area contributed by atoms with Crippen LogP contribution in [0, 0.1) is 10.1 Å². The number of non-ortho nitro benzene ring substituents is 1. The second kappa shape index (κ2) is 6.67. The van der Waals surface area contributed by atoms with E-state index in [0.29, 0.717) is 5.56 Å². The number of Topliss-reactive ketones (excluding diaryl/α,β-unsaturated/α-hetero) is 1. The van der Waals surface area contributed by atoms with Gasteiger partial charge in [-0.15, -0.1) is 0 Å². The van der Waals surface area contributed by atoms with Crippen LogP contribution in [0.3, 0.4) is 0 Å². The lowest BCUT2D eigenvalue weighted by atomic mass is 9.92. The number of nitro groups is 1. The Hall–Kier alpha value is -3.31. The summed E-state index contributed by atoms with van der Waals surface area (Å²) in [7, 11) is 0. The number of fused-ring (bicyclic) bond motifs is 1. The summed E-state index contributed by atoms with van der Waals surface area (Å²) in [4.78, 5) is 22.7. The maximum atomic E-state index is 12.5. The third-order valence-electron chi connectivity index (χ3n) is 4.08. The quantitative estimate of drug-likeness (QED) is 0.328. The van der Waals surface area contributed by atoms with Gasteiger partial charge in [0, 0.05) is 23.3 Å². The van der Waals surface area contributed by atoms with Crippen LogP contribution in [0.4, 0.5) is 5.69 Å². The van der Waals surface area contributed by atoms with E-state index < -0.39 is 16.8 Å². The van der Waals surface area contributed by atoms with Crippen molar-refractivity contribution in [3.63, 3.8) is 0 Å². The van der Waals surface area contributed by atoms with Crippen molar-refractivity contribution < 1.29 is 14.8 Å². The van der Waals surface area contributed by atoms with E-state index in [9.17, 15) is 20.0 Å². The lowest BCUT2D eigenvalue weighted by Crippen LogP contribution is -2.11. The van der Waals surface area contributed by atoms with Crippen molar-refractivity contribution in [2.24, 2.45) is 0 Å². The summed E-state index contributed by atoms with van der Waals surface area (Å²) in [6, 6.07) is 18.3. The number of nitrogens with zero attached hydrogens (tertiary/aromatic N) is 1. The first-order chi connectivity index (χ1) is 12.0. The molecular weight excluding hydrogens is 318 g/mol. The van der Waals surface area contributed by atoms with Gasteiger partial charge < -0.3 is 5.11 Å². The molecule has 0 aliphatic carbocycles. The topological polar surface area (TPSA) is 80.4 Å². The molecule has 0 aromatic heterocycles. The van der Waals surface area contributed by atoms with Gasteiger partial charge >= 0.3 is 0 Å². The molecule has 5 nitrogen and oxygen atoms in total. The molecule has 0 unspecified atom stereocenters. The molecular formula is C20H15NO4. The lowest BCUT2D eigenvalue weighted by molar-refractivity contribution is -0.384. The number of ketones is 1. The molecule has 0 bridgehead atoms. The van der Waals surface area contributed by atoms with E-state index in [2.05, 4.69) is 6.58 Å². The number of carbonyl (C=O) groups excluding carboxylic acids is 1. The molecule has 3 aromatic carbocycles. The molecule has 0 heterocycles. The van der Waals surface area contributed by atoms with E-state index in [1.54, 1.807) is 6.07 Å². The number of hydrogen-bond donors (Lipinski definition) is 1. The van der Waals surface area contributed by atoms with Gasteiger partial charge in [-0.1, -0.05) is 49.0 Å². The van der Waals surface area contributed by atoms with E-state index in [0.717, 1.165) is 10.8 Å². The van der Waals surface area contributed by atoms with Gasteiger partial charge in [0.15, 0.2) is 5.78 Å². The number of aliphatic hydroxyl groups excluding tert-OH is 1. The number of carbonyl (C=O) groups is 1. The third kappa shape index (κ3) is 3.18. The Bertz CT molecular complexity index is 971. The molecule has 5 heteroatoms. The minimum Gasteiger partial charge on any atom is -0.384 e. The lowest BCUT2D eigenvalue weighted by Gasteiger charge is -2.15. The van der Waals surface area contributed by atoms with E-state index in [1.807, 2.05) is 36.4 Å². The van der Waals surface area contributed by atoms with Crippen molar-refractivity contribution >= 4 is 22.2 Å². The van der Waals surface area contributed by atoms with Crippen LogP contribution in [0.25, 0.3) is 10.8 Å². The van der Waals surface area contributed by atoms with Crippen molar-refractivity contribution in [2.45, 2.75) is 6.10 Å². The van der Waals surface area contributed by atoms with E-state index in [1.165, 1.54) is 24.3 Å². The standard InChI is InChI=1S/C20H15NO4/c1-13(19(22)15-9-11-16(12-10-15)21(24)25)20(23)18-8-4-6-14-5-2-3-7-17(14)18/h2-12,20,23H,1H2/t20-/m1/s1. The molecule has 0 spiro atoms. The van der Waals surface area contributed by atoms with Crippen LogP contribution in [0.15, 0.2) is 78.9 Å². The monoisotopic (exact) mass is 333 g/mol. The summed E-state index contributed by atoms with van der Waals surface area (Å²) in [6.07, 6.45) is -1.16. The van der Waals surface area contributed by atoms with Crippen LogP contribution in [0.5, 0.6) is 0 Å². The Kier molecular flexibility index (Phi) is 4.41. The number of benzene rings is 3. The molecule has 0 amide bonds. The molecule has 0 aliphatic heterocycles. The number of hydrogen-bond acceptors (Lipinski definition) is 4. The van der Waals surface area contributed by atoms with Crippen LogP contribution < -0.4 is 0 Å². The average molecular weight is 333 g/mol. The van der Waals surface area contributed by atoms with Gasteiger partial charge in [0.2, 0.25) is 0 Å². The van der Waals surface area contributed by atoms with E-state index in [4.69, 9.17) is 0 Å². The maximum Gasteiger partial charge on any atom is 0.269 e. The van der Waals surface area contributed by atoms with Crippen LogP contribution >= 0.6 is 0 Å². The zero-order valence-corrected chi connectivity index (χ0v) is 13.3. The summed E-state index contributed by atoms with van der Waals surface area (Å²) in [5.74, 6) is -0.449.